The van der Waals surface area contributed by atoms with Gasteiger partial charge in [-0.2, -0.15) is 0 Å². The molecule has 0 aromatic heterocycles. The molecule has 0 spiro atoms. The highest BCUT2D eigenvalue weighted by atomic mass is 79.9. The third-order valence-corrected chi connectivity index (χ3v) is 3.04. The molecule has 0 amide bonds. The van der Waals surface area contributed by atoms with Crippen molar-refractivity contribution in [3.63, 3.8) is 0 Å². The lowest BCUT2D eigenvalue weighted by molar-refractivity contribution is -0.131. The summed E-state index contributed by atoms with van der Waals surface area (Å²) in [5.41, 5.74) is 1.72. The Bertz CT molecular complexity index is 495. The summed E-state index contributed by atoms with van der Waals surface area (Å²) < 4.78 is 0. The largest absolute Gasteiger partial charge is 0.478 e. The van der Waals surface area contributed by atoms with Crippen molar-refractivity contribution in [1.29, 1.82) is 0 Å². The van der Waals surface area contributed by atoms with Crippen LogP contribution in [0.1, 0.15) is 28.4 Å². The fourth-order valence-electron chi connectivity index (χ4n) is 1.53. The fourth-order valence-corrected chi connectivity index (χ4v) is 1.98. The number of benzene rings is 1. The van der Waals surface area contributed by atoms with Crippen molar-refractivity contribution >= 4 is 45.4 Å². The van der Waals surface area contributed by atoms with Crippen molar-refractivity contribution in [2.45, 2.75) is 17.6 Å². The topological polar surface area (TPSA) is 54.4 Å². The van der Waals surface area contributed by atoms with Crippen molar-refractivity contribution in [2.75, 3.05) is 0 Å². The Morgan fingerprint density at radius 1 is 1.50 bits per heavy atom. The Balaban J connectivity index is 3.33. The molecule has 18 heavy (non-hydrogen) atoms. The van der Waals surface area contributed by atoms with Crippen molar-refractivity contribution in [2.24, 2.45) is 0 Å². The Morgan fingerprint density at radius 2 is 2.17 bits per heavy atom. The van der Waals surface area contributed by atoms with Gasteiger partial charge in [0.15, 0.2) is 5.78 Å². The van der Waals surface area contributed by atoms with E-state index in [0.29, 0.717) is 16.7 Å². The molecule has 0 heterocycles. The monoisotopic (exact) mass is 330 g/mol. The van der Waals surface area contributed by atoms with Crippen LogP contribution in [0.5, 0.6) is 0 Å². The van der Waals surface area contributed by atoms with Gasteiger partial charge in [0, 0.05) is 17.5 Å². The lowest BCUT2D eigenvalue weighted by Gasteiger charge is -2.11. The number of hydrogen-bond acceptors (Lipinski definition) is 2. The van der Waals surface area contributed by atoms with Gasteiger partial charge in [-0.25, -0.2) is 4.79 Å². The third kappa shape index (κ3) is 3.68. The summed E-state index contributed by atoms with van der Waals surface area (Å²) in [7, 11) is 0. The smallest absolute Gasteiger partial charge is 0.328 e. The van der Waals surface area contributed by atoms with E-state index >= 15 is 0 Å². The second kappa shape index (κ2) is 6.71. The Hall–Kier alpha value is -1.13. The van der Waals surface area contributed by atoms with Crippen LogP contribution >= 0.6 is 27.5 Å². The molecule has 1 atom stereocenters. The van der Waals surface area contributed by atoms with Gasteiger partial charge in [-0.05, 0) is 24.1 Å². The van der Waals surface area contributed by atoms with Crippen LogP contribution < -0.4 is 0 Å². The van der Waals surface area contributed by atoms with E-state index in [1.807, 2.05) is 0 Å². The molecule has 3 nitrogen and oxygen atoms in total. The Morgan fingerprint density at radius 3 is 2.67 bits per heavy atom. The minimum absolute atomic E-state index is 0.115. The Labute approximate surface area is 119 Å². The molecule has 0 aliphatic carbocycles. The molecule has 96 valence electrons. The average Bonchev–Trinajstić information content (AvgIpc) is 2.34. The van der Waals surface area contributed by atoms with E-state index in [9.17, 15) is 9.59 Å². The molecule has 0 radical (unpaired) electrons. The van der Waals surface area contributed by atoms with Crippen LogP contribution in [0.15, 0.2) is 24.3 Å². The van der Waals surface area contributed by atoms with Crippen LogP contribution in [0.3, 0.4) is 0 Å². The first-order chi connectivity index (χ1) is 8.47. The minimum Gasteiger partial charge on any atom is -0.478 e. The number of carbonyl (C=O) groups is 2. The van der Waals surface area contributed by atoms with Gasteiger partial charge in [0.2, 0.25) is 0 Å². The SMILES string of the molecule is CC(Br)C(=O)c1c(C=CC(=O)O)cccc1CCl. The number of Topliss-reactive ketones (excluding diaryl/α,β-unsaturated/α-hetero) is 1. The minimum atomic E-state index is -1.06. The van der Waals surface area contributed by atoms with Crippen LogP contribution in [0, 0.1) is 0 Å². The molecule has 0 bridgehead atoms. The first kappa shape index (κ1) is 14.9. The fraction of sp³-hybridized carbons (Fsp3) is 0.231. The molecule has 5 heteroatoms. The van der Waals surface area contributed by atoms with Crippen LogP contribution in [0.2, 0.25) is 0 Å². The standard InChI is InChI=1S/C13H12BrClO3/c1-8(14)13(18)12-9(5-6-11(16)17)3-2-4-10(12)7-15/h2-6,8H,7H2,1H3,(H,16,17). The number of carboxylic acids is 1. The second-order valence-electron chi connectivity index (χ2n) is 3.67. The summed E-state index contributed by atoms with van der Waals surface area (Å²) >= 11 is 9.03. The van der Waals surface area contributed by atoms with E-state index < -0.39 is 5.97 Å². The quantitative estimate of drug-likeness (QED) is 0.510. The van der Waals surface area contributed by atoms with Crippen molar-refractivity contribution in [3.05, 3.63) is 41.0 Å². The van der Waals surface area contributed by atoms with Gasteiger partial charge >= 0.3 is 5.97 Å². The lowest BCUT2D eigenvalue weighted by atomic mass is 9.96. The maximum absolute atomic E-state index is 12.1. The molecule has 0 saturated heterocycles. The maximum atomic E-state index is 12.1. The number of alkyl halides is 2. The zero-order chi connectivity index (χ0) is 13.7. The van der Waals surface area contributed by atoms with Crippen molar-refractivity contribution in [1.82, 2.24) is 0 Å². The van der Waals surface area contributed by atoms with Gasteiger partial charge in [-0.1, -0.05) is 34.1 Å². The number of halogens is 2. The summed E-state index contributed by atoms with van der Waals surface area (Å²) in [6, 6.07) is 5.20. The number of aliphatic carboxylic acids is 1. The molecule has 1 unspecified atom stereocenters. The number of carboxylic acid groups (broad SMARTS) is 1. The highest BCUT2D eigenvalue weighted by molar-refractivity contribution is 9.10. The number of carbonyl (C=O) groups excluding carboxylic acids is 1. The van der Waals surface area contributed by atoms with Gasteiger partial charge in [0.25, 0.3) is 0 Å². The molecule has 0 fully saturated rings. The van der Waals surface area contributed by atoms with Crippen LogP contribution in [-0.2, 0) is 10.7 Å². The molecule has 0 aliphatic heterocycles. The second-order valence-corrected chi connectivity index (χ2v) is 5.31. The molecule has 1 aromatic carbocycles. The van der Waals surface area contributed by atoms with Gasteiger partial charge in [0.05, 0.1) is 4.83 Å². The summed E-state index contributed by atoms with van der Waals surface area (Å²) in [5.74, 6) is -0.969. The number of hydrogen-bond donors (Lipinski definition) is 1. The predicted octanol–water partition coefficient (Wildman–Crippen LogP) is 3.49. The molecular weight excluding hydrogens is 319 g/mol. The molecule has 0 aliphatic rings. The van der Waals surface area contributed by atoms with Gasteiger partial charge in [-0.3, -0.25) is 4.79 Å². The molecule has 1 N–H and O–H groups in total. The van der Waals surface area contributed by atoms with E-state index in [-0.39, 0.29) is 16.5 Å². The molecule has 1 aromatic rings. The summed E-state index contributed by atoms with van der Waals surface area (Å²) in [5, 5.41) is 8.63. The number of rotatable bonds is 5. The van der Waals surface area contributed by atoms with Crippen molar-refractivity contribution < 1.29 is 14.7 Å². The van der Waals surface area contributed by atoms with Crippen molar-refractivity contribution in [3.8, 4) is 0 Å². The zero-order valence-electron chi connectivity index (χ0n) is 9.69. The first-order valence-corrected chi connectivity index (χ1v) is 6.69. The normalized spacial score (nSPS) is 12.6. The summed E-state index contributed by atoms with van der Waals surface area (Å²) in [6.45, 7) is 1.72. The molecule has 0 saturated carbocycles. The molecule has 1 rings (SSSR count). The summed E-state index contributed by atoms with van der Waals surface area (Å²) in [6.07, 6.45) is 2.41. The lowest BCUT2D eigenvalue weighted by Crippen LogP contribution is -2.14. The van der Waals surface area contributed by atoms with Crippen LogP contribution in [-0.4, -0.2) is 21.7 Å². The predicted molar refractivity (Wildman–Crippen MR) is 75.4 cm³/mol. The number of ketones is 1. The first-order valence-electron chi connectivity index (χ1n) is 5.24. The third-order valence-electron chi connectivity index (χ3n) is 2.34. The maximum Gasteiger partial charge on any atom is 0.328 e. The van der Waals surface area contributed by atoms with E-state index in [0.717, 1.165) is 6.08 Å². The van der Waals surface area contributed by atoms with E-state index in [1.54, 1.807) is 25.1 Å². The van der Waals surface area contributed by atoms with Crippen LogP contribution in [0.4, 0.5) is 0 Å². The van der Waals surface area contributed by atoms with Crippen LogP contribution in [0.25, 0.3) is 6.08 Å². The van der Waals surface area contributed by atoms with Gasteiger partial charge in [-0.15, -0.1) is 11.6 Å². The summed E-state index contributed by atoms with van der Waals surface area (Å²) in [4.78, 5) is 22.3. The Kier molecular flexibility index (Phi) is 5.56. The average molecular weight is 332 g/mol. The van der Waals surface area contributed by atoms with Gasteiger partial charge < -0.3 is 5.11 Å². The molecular formula is C13H12BrClO3. The highest BCUT2D eigenvalue weighted by Crippen LogP contribution is 2.22. The van der Waals surface area contributed by atoms with Gasteiger partial charge in [0.1, 0.15) is 0 Å². The van der Waals surface area contributed by atoms with E-state index in [1.165, 1.54) is 6.08 Å². The zero-order valence-corrected chi connectivity index (χ0v) is 12.0. The van der Waals surface area contributed by atoms with E-state index in [2.05, 4.69) is 15.9 Å². The highest BCUT2D eigenvalue weighted by Gasteiger charge is 2.18. The van der Waals surface area contributed by atoms with E-state index in [4.69, 9.17) is 16.7 Å².